The number of hydrogen-bond acceptors (Lipinski definition) is 8. The number of aromatic carboxylic acids is 1. The minimum Gasteiger partial charge on any atom is -0.478 e. The van der Waals surface area contributed by atoms with Crippen LogP contribution in [0.4, 0.5) is 96.6 Å². The molecule has 38 heteroatoms. The number of rotatable bonds is 8. The van der Waals surface area contributed by atoms with Crippen LogP contribution in [-0.2, 0) is 0 Å². The Balaban J connectivity index is 0.000000514. The van der Waals surface area contributed by atoms with Crippen LogP contribution in [-0.4, -0.2) is 55.6 Å². The molecule has 0 fully saturated rings. The predicted molar refractivity (Wildman–Crippen MR) is 277 cm³/mol. The maximum atomic E-state index is 12.2. The van der Waals surface area contributed by atoms with E-state index in [1.807, 2.05) is 0 Å². The maximum Gasteiger partial charge on any atom is 0.573 e. The van der Waals surface area contributed by atoms with Gasteiger partial charge in [0.25, 0.3) is 0 Å². The number of alkyl halides is 21. The van der Waals surface area contributed by atoms with Gasteiger partial charge in [-0.3, -0.25) is 0 Å². The van der Waals surface area contributed by atoms with Gasteiger partial charge < -0.3 is 38.3 Å². The topological polar surface area (TPSA) is 102 Å². The fraction of sp³-hybridized carbons (Fsp3) is 0.140. The number of ether oxygens (including phenoxy) is 7. The number of hydrogen-bond donors (Lipinski definition) is 1. The van der Waals surface area contributed by atoms with Gasteiger partial charge in [0.15, 0.2) is 5.75 Å². The van der Waals surface area contributed by atoms with E-state index in [9.17, 15) is 101 Å². The monoisotopic (exact) mass is 1480 g/mol. The molecule has 7 rings (SSSR count). The number of carboxylic acids is 1. The Bertz CT molecular complexity index is 3130. The van der Waals surface area contributed by atoms with Crippen molar-refractivity contribution >= 4 is 91.5 Å². The normalized spacial score (nSPS) is 11.3. The van der Waals surface area contributed by atoms with E-state index < -0.39 is 79.3 Å². The maximum absolute atomic E-state index is 12.2. The van der Waals surface area contributed by atoms with Crippen LogP contribution in [0.5, 0.6) is 40.2 Å². The van der Waals surface area contributed by atoms with Crippen molar-refractivity contribution in [3.63, 3.8) is 0 Å². The summed E-state index contributed by atoms with van der Waals surface area (Å²) in [6.45, 7) is 0. The van der Waals surface area contributed by atoms with Gasteiger partial charge in [-0.1, -0.05) is 106 Å². The number of para-hydroxylation sites is 2. The molecule has 0 atom stereocenters. The third-order valence-corrected chi connectivity index (χ3v) is 9.97. The molecule has 0 radical (unpaired) electrons. The lowest BCUT2D eigenvalue weighted by molar-refractivity contribution is -0.275. The molecule has 0 amide bonds. The van der Waals surface area contributed by atoms with Gasteiger partial charge in [-0.15, -0.1) is 92.2 Å². The fourth-order valence-electron chi connectivity index (χ4n) is 4.80. The second-order valence-electron chi connectivity index (χ2n) is 14.6. The van der Waals surface area contributed by atoms with Crippen LogP contribution in [0, 0.1) is 5.82 Å². The first kappa shape index (κ1) is 79.3. The van der Waals surface area contributed by atoms with Gasteiger partial charge in [-0.2, -0.15) is 0 Å². The largest absolute Gasteiger partial charge is 0.573 e. The highest BCUT2D eigenvalue weighted by Crippen LogP contribution is 2.39. The molecule has 0 aliphatic heterocycles. The van der Waals surface area contributed by atoms with Crippen LogP contribution in [0.15, 0.2) is 162 Å². The van der Waals surface area contributed by atoms with Crippen LogP contribution in [0.25, 0.3) is 0 Å². The Morgan fingerprint density at radius 1 is 0.341 bits per heavy atom. The molecule has 0 aromatic heterocycles. The second kappa shape index (κ2) is 35.5. The van der Waals surface area contributed by atoms with E-state index in [0.717, 1.165) is 66.7 Å². The van der Waals surface area contributed by atoms with E-state index in [2.05, 4.69) is 49.1 Å². The Morgan fingerprint density at radius 2 is 0.693 bits per heavy atom. The van der Waals surface area contributed by atoms with Crippen LogP contribution >= 0.6 is 85.5 Å². The molecule has 0 spiro atoms. The Kier molecular flexibility index (Phi) is 32.0. The van der Waals surface area contributed by atoms with Gasteiger partial charge in [0.2, 0.25) is 0 Å². The minimum absolute atomic E-state index is 0.134. The third kappa shape index (κ3) is 40.0. The Labute approximate surface area is 517 Å². The summed E-state index contributed by atoms with van der Waals surface area (Å²) < 4.78 is 282. The first-order valence-electron chi connectivity index (χ1n) is 21.6. The molecule has 7 aromatic rings. The van der Waals surface area contributed by atoms with Gasteiger partial charge in [0, 0.05) is 15.1 Å². The lowest BCUT2D eigenvalue weighted by atomic mass is 10.2. The summed E-state index contributed by atoms with van der Waals surface area (Å²) in [6, 6.07) is 31.2. The van der Waals surface area contributed by atoms with Crippen LogP contribution < -0.4 is 33.2 Å². The highest BCUT2D eigenvalue weighted by molar-refractivity contribution is 9.10. The van der Waals surface area contributed by atoms with Crippen molar-refractivity contribution in [3.05, 3.63) is 204 Å². The molecule has 1 N–H and O–H groups in total. The Morgan fingerprint density at radius 3 is 1.10 bits per heavy atom. The minimum atomic E-state index is -4.83. The summed E-state index contributed by atoms with van der Waals surface area (Å²) >= 11 is 35.6. The second-order valence-corrected chi connectivity index (χ2v) is 18.0. The molecule has 0 bridgehead atoms. The first-order chi connectivity index (χ1) is 40.1. The molecule has 0 aliphatic rings. The van der Waals surface area contributed by atoms with Crippen LogP contribution in [0.2, 0.25) is 30.1 Å². The molecule has 0 heterocycles. The van der Waals surface area contributed by atoms with Crippen molar-refractivity contribution < 1.29 is 140 Å². The third-order valence-electron chi connectivity index (χ3n) is 7.75. The van der Waals surface area contributed by atoms with E-state index in [4.69, 9.17) is 74.7 Å². The van der Waals surface area contributed by atoms with Crippen LogP contribution in [0.1, 0.15) is 10.4 Å². The SMILES string of the molecule is FC(F)(F)Oc1c(Cl)cc(Cl)cc1Cl.FC(F)(F)Oc1ccc(Cl)cc1.FC(F)(F)Oc1ccc(Cl)cc1Cl.FC(F)(F)Oc1ccccc1.FC(F)(F)Oc1ccccc1Br.Fc1ccc(OC(F)(F)F)cc1.O=C(O)c1cccc(OC(F)(F)F)c1. The fourth-order valence-corrected chi connectivity index (χ4v) is 6.63. The van der Waals surface area contributed by atoms with Gasteiger partial charge in [0.1, 0.15) is 40.3 Å². The standard InChI is InChI=1S/C8H5F3O3.C7H4BrF3O.C7H2Cl3F3O.C7H3Cl2F3O.C7H4ClF3O.C7H4F4O.C7H5F3O/c9-8(10,11)14-6-3-1-2-5(4-6)7(12)13;8-5-3-1-2-4-6(5)12-7(9,10)11;8-3-1-4(9)6(5(10)2-3)14-7(11,12)13;8-4-1-2-6(5(9)3-4)13-7(10,11)12;2*8-5-1-3-6(4-2-5)12-7(9,10)11;8-7(9,10)11-6-4-2-1-3-5-6/h1-4H,(H,12,13);1-4H;1-2H;1-3H;2*1-4H;1-5H. The molecule has 484 valence electrons. The van der Waals surface area contributed by atoms with Crippen molar-refractivity contribution in [2.45, 2.75) is 44.5 Å². The summed E-state index contributed by atoms with van der Waals surface area (Å²) in [4.78, 5) is 10.4. The predicted octanol–water partition coefficient (Wildman–Crippen LogP) is 22.6. The van der Waals surface area contributed by atoms with Gasteiger partial charge in [-0.05, 0) is 137 Å². The van der Waals surface area contributed by atoms with Gasteiger partial charge in [-0.25, -0.2) is 9.18 Å². The van der Waals surface area contributed by atoms with E-state index in [1.54, 1.807) is 12.1 Å². The highest BCUT2D eigenvalue weighted by Gasteiger charge is 2.36. The summed E-state index contributed by atoms with van der Waals surface area (Å²) in [5, 5.41) is 8.46. The Hall–Kier alpha value is -6.71. The van der Waals surface area contributed by atoms with E-state index >= 15 is 0 Å². The van der Waals surface area contributed by atoms with E-state index in [0.29, 0.717) is 5.02 Å². The smallest absolute Gasteiger partial charge is 0.478 e. The lowest BCUT2D eigenvalue weighted by Gasteiger charge is -2.11. The molecule has 7 aromatic carbocycles. The van der Waals surface area contributed by atoms with Gasteiger partial charge >= 0.3 is 50.5 Å². The van der Waals surface area contributed by atoms with Crippen molar-refractivity contribution in [2.24, 2.45) is 0 Å². The quantitative estimate of drug-likeness (QED) is 0.149. The molecule has 0 aliphatic carbocycles. The molecule has 0 saturated heterocycles. The number of benzene rings is 7. The number of carboxylic acid groups (broad SMARTS) is 1. The average Bonchev–Trinajstić information content (AvgIpc) is 3.58. The summed E-state index contributed by atoms with van der Waals surface area (Å²) in [5.41, 5.74) is -0.258. The van der Waals surface area contributed by atoms with Crippen molar-refractivity contribution in [1.82, 2.24) is 0 Å². The molecular formula is C50H27BrCl6F22O9. The summed E-state index contributed by atoms with van der Waals surface area (Å²) in [5.74, 6) is -4.69. The van der Waals surface area contributed by atoms with Gasteiger partial charge in [0.05, 0.1) is 25.1 Å². The summed E-state index contributed by atoms with van der Waals surface area (Å²) in [7, 11) is 0. The molecule has 9 nitrogen and oxygen atoms in total. The zero-order valence-corrected chi connectivity index (χ0v) is 47.8. The van der Waals surface area contributed by atoms with E-state index in [1.165, 1.54) is 78.9 Å². The van der Waals surface area contributed by atoms with Crippen molar-refractivity contribution in [1.29, 1.82) is 0 Å². The number of halogens is 29. The highest BCUT2D eigenvalue weighted by atomic mass is 79.9. The first-order valence-corrected chi connectivity index (χ1v) is 24.7. The summed E-state index contributed by atoms with van der Waals surface area (Å²) in [6.07, 6.45) is -33.0. The van der Waals surface area contributed by atoms with E-state index in [-0.39, 0.29) is 52.4 Å². The zero-order chi connectivity index (χ0) is 67.6. The molecule has 88 heavy (non-hydrogen) atoms. The number of carbonyl (C=O) groups is 1. The van der Waals surface area contributed by atoms with Crippen LogP contribution in [0.3, 0.4) is 0 Å². The zero-order valence-electron chi connectivity index (χ0n) is 41.7. The average molecular weight is 1480 g/mol. The molecule has 0 unspecified atom stereocenters. The van der Waals surface area contributed by atoms with Crippen molar-refractivity contribution in [2.75, 3.05) is 0 Å². The molecule has 0 saturated carbocycles. The molecular weight excluding hydrogens is 1460 g/mol. The van der Waals surface area contributed by atoms with Crippen molar-refractivity contribution in [3.8, 4) is 40.2 Å². The lowest BCUT2D eigenvalue weighted by Crippen LogP contribution is -2.17.